The number of carbonyl (C=O) groups is 1. The summed E-state index contributed by atoms with van der Waals surface area (Å²) in [6.07, 6.45) is -2.99. The maximum Gasteiger partial charge on any atom is 0.416 e. The molecule has 7 heteroatoms. The number of cyclic esters (lactones) is 1. The fraction of sp³-hybridized carbons (Fsp3) is 0.464. The Morgan fingerprint density at radius 3 is 2.54 bits per heavy atom. The van der Waals surface area contributed by atoms with Crippen LogP contribution in [0.3, 0.4) is 0 Å². The molecule has 0 spiro atoms. The summed E-state index contributed by atoms with van der Waals surface area (Å²) in [5, 5.41) is 0. The van der Waals surface area contributed by atoms with Crippen LogP contribution in [0.4, 0.5) is 18.0 Å². The highest BCUT2D eigenvalue weighted by molar-refractivity contribution is 5.77. The quantitative estimate of drug-likeness (QED) is 0.420. The molecule has 2 aliphatic rings. The van der Waals surface area contributed by atoms with Crippen LogP contribution in [0.2, 0.25) is 0 Å². The zero-order valence-corrected chi connectivity index (χ0v) is 20.8. The summed E-state index contributed by atoms with van der Waals surface area (Å²) < 4.78 is 51.4. The van der Waals surface area contributed by atoms with Crippen LogP contribution in [0.25, 0.3) is 5.57 Å². The first-order valence-electron chi connectivity index (χ1n) is 12.0. The zero-order chi connectivity index (χ0) is 25.5. The van der Waals surface area contributed by atoms with Gasteiger partial charge in [0.2, 0.25) is 0 Å². The predicted molar refractivity (Wildman–Crippen MR) is 129 cm³/mol. The molecular formula is C28H32F3NO3. The normalized spacial score (nSPS) is 20.7. The Morgan fingerprint density at radius 2 is 1.89 bits per heavy atom. The number of ether oxygens (including phenoxy) is 2. The van der Waals surface area contributed by atoms with E-state index in [1.165, 1.54) is 11.1 Å². The third kappa shape index (κ3) is 5.04. The summed E-state index contributed by atoms with van der Waals surface area (Å²) >= 11 is 0. The molecule has 4 rings (SSSR count). The molecule has 1 aliphatic carbocycles. The van der Waals surface area contributed by atoms with Gasteiger partial charge in [0, 0.05) is 12.1 Å². The van der Waals surface area contributed by atoms with E-state index < -0.39 is 30.0 Å². The number of halogens is 3. The van der Waals surface area contributed by atoms with Gasteiger partial charge in [0.15, 0.2) is 0 Å². The largest absolute Gasteiger partial charge is 0.496 e. The fourth-order valence-corrected chi connectivity index (χ4v) is 5.13. The van der Waals surface area contributed by atoms with Gasteiger partial charge in [-0.3, -0.25) is 4.90 Å². The van der Waals surface area contributed by atoms with Gasteiger partial charge < -0.3 is 9.47 Å². The van der Waals surface area contributed by atoms with Gasteiger partial charge in [-0.25, -0.2) is 4.79 Å². The van der Waals surface area contributed by atoms with Gasteiger partial charge >= 0.3 is 12.3 Å². The molecule has 0 radical (unpaired) electrons. The Labute approximate surface area is 204 Å². The molecule has 4 nitrogen and oxygen atoms in total. The van der Waals surface area contributed by atoms with E-state index in [-0.39, 0.29) is 0 Å². The van der Waals surface area contributed by atoms with Crippen LogP contribution >= 0.6 is 0 Å². The third-order valence-corrected chi connectivity index (χ3v) is 7.06. The minimum atomic E-state index is -4.46. The molecule has 0 bridgehead atoms. The molecule has 2 aromatic rings. The van der Waals surface area contributed by atoms with Crippen molar-refractivity contribution in [2.75, 3.05) is 13.7 Å². The average molecular weight is 488 g/mol. The molecule has 2 atom stereocenters. The minimum absolute atomic E-state index is 0.368. The lowest BCUT2D eigenvalue weighted by Crippen LogP contribution is -2.33. The molecule has 1 saturated heterocycles. The third-order valence-electron chi connectivity index (χ3n) is 7.06. The Balaban J connectivity index is 1.64. The highest BCUT2D eigenvalue weighted by Crippen LogP contribution is 2.42. The van der Waals surface area contributed by atoms with Crippen molar-refractivity contribution in [1.82, 2.24) is 4.90 Å². The van der Waals surface area contributed by atoms with Crippen molar-refractivity contribution < 1.29 is 27.4 Å². The first-order chi connectivity index (χ1) is 16.5. The van der Waals surface area contributed by atoms with Crippen molar-refractivity contribution in [3.8, 4) is 5.75 Å². The SMILES string of the molecule is COc1ccc(C(C)C)cc1C1=C(CN2C(=O)O[C@H](c3cc(C)cc(C(F)(F)F)c3)[C@@H]2C)CCC1. The van der Waals surface area contributed by atoms with E-state index in [2.05, 4.69) is 26.0 Å². The Kier molecular flexibility index (Phi) is 6.89. The second kappa shape index (κ2) is 9.59. The molecule has 35 heavy (non-hydrogen) atoms. The number of alkyl halides is 3. The topological polar surface area (TPSA) is 38.8 Å². The molecule has 188 valence electrons. The van der Waals surface area contributed by atoms with Crippen molar-refractivity contribution in [3.05, 3.63) is 69.8 Å². The van der Waals surface area contributed by atoms with Gasteiger partial charge in [0.25, 0.3) is 0 Å². The zero-order valence-electron chi connectivity index (χ0n) is 20.8. The van der Waals surface area contributed by atoms with Crippen LogP contribution in [0.5, 0.6) is 5.75 Å². The first kappa shape index (κ1) is 25.1. The molecule has 1 amide bonds. The number of nitrogens with zero attached hydrogens (tertiary/aromatic N) is 1. The molecule has 1 aliphatic heterocycles. The van der Waals surface area contributed by atoms with E-state index >= 15 is 0 Å². The molecule has 1 fully saturated rings. The van der Waals surface area contributed by atoms with Crippen LogP contribution in [-0.2, 0) is 10.9 Å². The summed E-state index contributed by atoms with van der Waals surface area (Å²) in [7, 11) is 1.66. The lowest BCUT2D eigenvalue weighted by molar-refractivity contribution is -0.137. The number of rotatable bonds is 6. The molecule has 0 unspecified atom stereocenters. The van der Waals surface area contributed by atoms with E-state index in [0.29, 0.717) is 23.6 Å². The van der Waals surface area contributed by atoms with Gasteiger partial charge in [-0.2, -0.15) is 13.2 Å². The van der Waals surface area contributed by atoms with Crippen molar-refractivity contribution in [3.63, 3.8) is 0 Å². The van der Waals surface area contributed by atoms with Crippen LogP contribution in [0.15, 0.2) is 42.0 Å². The lowest BCUT2D eigenvalue weighted by atomic mass is 9.94. The van der Waals surface area contributed by atoms with Crippen molar-refractivity contribution in [2.45, 2.75) is 71.2 Å². The number of carbonyl (C=O) groups excluding carboxylic acids is 1. The Morgan fingerprint density at radius 1 is 1.14 bits per heavy atom. The number of benzene rings is 2. The van der Waals surface area contributed by atoms with Gasteiger partial charge in [0.05, 0.1) is 18.7 Å². The standard InChI is InChI=1S/C28H32F3NO3/c1-16(2)19-9-10-25(34-5)24(14-19)23-8-6-7-20(23)15-32-18(4)26(35-27(32)33)21-11-17(3)12-22(13-21)28(29,30)31/h9-14,16,18,26H,6-8,15H2,1-5H3/t18-,26-/m0/s1. The molecule has 0 saturated carbocycles. The Hall–Kier alpha value is -2.96. The van der Waals surface area contributed by atoms with Crippen molar-refractivity contribution >= 4 is 11.7 Å². The Bertz CT molecular complexity index is 1150. The van der Waals surface area contributed by atoms with Crippen LogP contribution < -0.4 is 4.74 Å². The number of hydrogen-bond acceptors (Lipinski definition) is 3. The predicted octanol–water partition coefficient (Wildman–Crippen LogP) is 7.67. The van der Waals surface area contributed by atoms with Crippen LogP contribution in [0, 0.1) is 6.92 Å². The summed E-state index contributed by atoms with van der Waals surface area (Å²) in [5.74, 6) is 1.17. The van der Waals surface area contributed by atoms with E-state index in [0.717, 1.165) is 48.3 Å². The lowest BCUT2D eigenvalue weighted by Gasteiger charge is -2.23. The summed E-state index contributed by atoms with van der Waals surface area (Å²) in [4.78, 5) is 14.5. The number of aryl methyl sites for hydroxylation is 1. The van der Waals surface area contributed by atoms with Crippen molar-refractivity contribution in [2.24, 2.45) is 0 Å². The van der Waals surface area contributed by atoms with Gasteiger partial charge in [-0.15, -0.1) is 0 Å². The summed E-state index contributed by atoms with van der Waals surface area (Å²) in [6, 6.07) is 9.70. The van der Waals surface area contributed by atoms with Crippen LogP contribution in [0.1, 0.15) is 79.9 Å². The highest BCUT2D eigenvalue weighted by atomic mass is 19.4. The van der Waals surface area contributed by atoms with E-state index in [9.17, 15) is 18.0 Å². The van der Waals surface area contributed by atoms with Gasteiger partial charge in [-0.05, 0) is 85.6 Å². The molecular weight excluding hydrogens is 455 g/mol. The number of methoxy groups -OCH3 is 1. The molecule has 1 heterocycles. The second-order valence-corrected chi connectivity index (χ2v) is 9.85. The highest BCUT2D eigenvalue weighted by Gasteiger charge is 2.41. The summed E-state index contributed by atoms with van der Waals surface area (Å²) in [6.45, 7) is 8.13. The molecule has 0 aromatic heterocycles. The number of allylic oxidation sites excluding steroid dienone is 1. The second-order valence-electron chi connectivity index (χ2n) is 9.85. The van der Waals surface area contributed by atoms with Crippen molar-refractivity contribution in [1.29, 1.82) is 0 Å². The fourth-order valence-electron chi connectivity index (χ4n) is 5.13. The monoisotopic (exact) mass is 487 g/mol. The van der Waals surface area contributed by atoms with E-state index in [4.69, 9.17) is 9.47 Å². The van der Waals surface area contributed by atoms with Gasteiger partial charge in [-0.1, -0.05) is 31.5 Å². The van der Waals surface area contributed by atoms with Gasteiger partial charge in [0.1, 0.15) is 11.9 Å². The maximum atomic E-state index is 13.4. The van der Waals surface area contributed by atoms with E-state index in [1.807, 2.05) is 13.0 Å². The number of hydrogen-bond donors (Lipinski definition) is 0. The molecule has 2 aromatic carbocycles. The first-order valence-corrected chi connectivity index (χ1v) is 12.0. The average Bonchev–Trinajstić information content (AvgIpc) is 3.37. The number of amides is 1. The van der Waals surface area contributed by atoms with E-state index in [1.54, 1.807) is 25.0 Å². The maximum absolute atomic E-state index is 13.4. The summed E-state index contributed by atoms with van der Waals surface area (Å²) in [5.41, 5.74) is 4.72. The smallest absolute Gasteiger partial charge is 0.416 e. The minimum Gasteiger partial charge on any atom is -0.496 e. The van der Waals surface area contributed by atoms with Crippen LogP contribution in [-0.4, -0.2) is 30.7 Å². The molecule has 0 N–H and O–H groups in total.